The van der Waals surface area contributed by atoms with E-state index in [0.717, 1.165) is 4.57 Å². The lowest BCUT2D eigenvalue weighted by Crippen LogP contribution is -2.41. The summed E-state index contributed by atoms with van der Waals surface area (Å²) in [5.74, 6) is 0. The van der Waals surface area contributed by atoms with E-state index in [0.29, 0.717) is 25.9 Å². The topological polar surface area (TPSA) is 71.1 Å². The normalized spacial score (nSPS) is 11.4. The van der Waals surface area contributed by atoms with Crippen molar-refractivity contribution in [1.29, 1.82) is 0 Å². The number of halogens is 3. The van der Waals surface area contributed by atoms with E-state index in [-0.39, 0.29) is 18.9 Å². The average Bonchev–Trinajstić information content (AvgIpc) is 2.87. The predicted molar refractivity (Wildman–Crippen MR) is 99.5 cm³/mol. The minimum Gasteiger partial charge on any atom is -0.364 e. The molecule has 0 spiro atoms. The predicted octanol–water partition coefficient (Wildman–Crippen LogP) is 2.62. The molecule has 3 rings (SSSR count). The molecule has 1 aromatic carbocycles. The third kappa shape index (κ3) is 3.15. The number of fused-ring (bicyclic) bond motifs is 1. The Morgan fingerprint density at radius 2 is 1.92 bits per heavy atom. The number of rotatable bonds is 4. The molecule has 10 heteroatoms. The van der Waals surface area contributed by atoms with E-state index in [1.807, 2.05) is 0 Å². The monoisotopic (exact) mass is 446 g/mol. The molecule has 0 amide bonds. The molecule has 2 heterocycles. The molecule has 3 aromatic rings. The molecule has 0 unspecified atom stereocenters. The van der Waals surface area contributed by atoms with Crippen LogP contribution in [-0.2, 0) is 25.1 Å². The summed E-state index contributed by atoms with van der Waals surface area (Å²) < 4.78 is 9.53. The van der Waals surface area contributed by atoms with Gasteiger partial charge in [0.25, 0.3) is 5.56 Å². The van der Waals surface area contributed by atoms with Gasteiger partial charge in [-0.05, 0) is 33.6 Å². The lowest BCUT2D eigenvalue weighted by molar-refractivity contribution is 0.129. The van der Waals surface area contributed by atoms with Crippen LogP contribution in [0.15, 0.2) is 32.5 Å². The summed E-state index contributed by atoms with van der Waals surface area (Å²) in [4.78, 5) is 29.9. The van der Waals surface area contributed by atoms with Gasteiger partial charge in [-0.25, -0.2) is 9.78 Å². The summed E-state index contributed by atoms with van der Waals surface area (Å²) in [6, 6.07) is 4.96. The first-order chi connectivity index (χ1) is 11.8. The number of methoxy groups -OCH3 is 1. The first-order valence-corrected chi connectivity index (χ1v) is 8.68. The van der Waals surface area contributed by atoms with Gasteiger partial charge in [0.05, 0.1) is 16.6 Å². The summed E-state index contributed by atoms with van der Waals surface area (Å²) in [5.41, 5.74) is 0.272. The Hall–Kier alpha value is -1.61. The van der Waals surface area contributed by atoms with Crippen molar-refractivity contribution in [3.8, 4) is 0 Å². The van der Waals surface area contributed by atoms with Crippen molar-refractivity contribution in [3.63, 3.8) is 0 Å². The van der Waals surface area contributed by atoms with Crippen LogP contribution in [0, 0.1) is 0 Å². The van der Waals surface area contributed by atoms with Gasteiger partial charge in [0.2, 0.25) is 0 Å². The number of hydrogen-bond donors (Lipinski definition) is 0. The van der Waals surface area contributed by atoms with Gasteiger partial charge >= 0.3 is 5.69 Å². The van der Waals surface area contributed by atoms with Crippen molar-refractivity contribution < 1.29 is 4.74 Å². The van der Waals surface area contributed by atoms with Crippen LogP contribution in [0.2, 0.25) is 10.0 Å². The molecule has 0 aliphatic carbocycles. The number of nitrogens with zero attached hydrogens (tertiary/aromatic N) is 4. The fourth-order valence-corrected chi connectivity index (χ4v) is 3.21. The van der Waals surface area contributed by atoms with Crippen LogP contribution < -0.4 is 11.2 Å². The second-order valence-electron chi connectivity index (χ2n) is 5.38. The summed E-state index contributed by atoms with van der Waals surface area (Å²) >= 11 is 15.2. The smallest absolute Gasteiger partial charge is 0.334 e. The van der Waals surface area contributed by atoms with Gasteiger partial charge in [-0.3, -0.25) is 13.9 Å². The first kappa shape index (κ1) is 18.2. The molecule has 132 valence electrons. The molecule has 0 radical (unpaired) electrons. The van der Waals surface area contributed by atoms with E-state index >= 15 is 0 Å². The Morgan fingerprint density at radius 3 is 2.56 bits per heavy atom. The first-order valence-electron chi connectivity index (χ1n) is 7.13. The molecule has 0 bridgehead atoms. The molecular weight excluding hydrogens is 435 g/mol. The van der Waals surface area contributed by atoms with E-state index in [1.165, 1.54) is 11.7 Å². The van der Waals surface area contributed by atoms with Gasteiger partial charge in [-0.15, -0.1) is 0 Å². The number of hydrogen-bond acceptors (Lipinski definition) is 4. The lowest BCUT2D eigenvalue weighted by atomic mass is 10.2. The molecular formula is C15H13BrCl2N4O3. The zero-order valence-electron chi connectivity index (χ0n) is 13.3. The largest absolute Gasteiger partial charge is 0.364 e. The van der Waals surface area contributed by atoms with Crippen molar-refractivity contribution in [3.05, 3.63) is 59.4 Å². The highest BCUT2D eigenvalue weighted by Crippen LogP contribution is 2.23. The SMILES string of the molecule is COCn1c(=O)n(Cc2ccc(Cl)c(Cl)c2)c(=O)c2c1nc(Br)n2C. The summed E-state index contributed by atoms with van der Waals surface area (Å²) in [5, 5.41) is 0.759. The molecule has 0 saturated heterocycles. The molecule has 0 aliphatic heterocycles. The highest BCUT2D eigenvalue weighted by atomic mass is 79.9. The van der Waals surface area contributed by atoms with Gasteiger partial charge in [0.1, 0.15) is 6.73 Å². The summed E-state index contributed by atoms with van der Waals surface area (Å²) in [6.07, 6.45) is 0. The molecule has 0 atom stereocenters. The average molecular weight is 448 g/mol. The fourth-order valence-electron chi connectivity index (χ4n) is 2.54. The van der Waals surface area contributed by atoms with Gasteiger partial charge in [0, 0.05) is 14.2 Å². The Bertz CT molecular complexity index is 1090. The number of aromatic nitrogens is 4. The van der Waals surface area contributed by atoms with Crippen molar-refractivity contribution in [1.82, 2.24) is 18.7 Å². The Labute approximate surface area is 160 Å². The molecule has 0 fully saturated rings. The third-order valence-corrected chi connectivity index (χ3v) is 5.22. The number of benzene rings is 1. The molecule has 7 nitrogen and oxygen atoms in total. The number of imidazole rings is 1. The Balaban J connectivity index is 2.27. The van der Waals surface area contributed by atoms with Crippen LogP contribution in [-0.4, -0.2) is 25.8 Å². The van der Waals surface area contributed by atoms with E-state index in [4.69, 9.17) is 27.9 Å². The second-order valence-corrected chi connectivity index (χ2v) is 6.90. The van der Waals surface area contributed by atoms with Crippen LogP contribution in [0.3, 0.4) is 0 Å². The summed E-state index contributed by atoms with van der Waals surface area (Å²) in [7, 11) is 3.15. The van der Waals surface area contributed by atoms with Crippen LogP contribution in [0.5, 0.6) is 0 Å². The quantitative estimate of drug-likeness (QED) is 0.576. The highest BCUT2D eigenvalue weighted by Gasteiger charge is 2.19. The zero-order chi connectivity index (χ0) is 18.3. The van der Waals surface area contributed by atoms with E-state index in [9.17, 15) is 9.59 Å². The van der Waals surface area contributed by atoms with Gasteiger partial charge < -0.3 is 9.30 Å². The Morgan fingerprint density at radius 1 is 1.20 bits per heavy atom. The summed E-state index contributed by atoms with van der Waals surface area (Å²) in [6.45, 7) is 0.0252. The van der Waals surface area contributed by atoms with E-state index in [1.54, 1.807) is 29.8 Å². The van der Waals surface area contributed by atoms with Crippen molar-refractivity contribution in [2.24, 2.45) is 7.05 Å². The number of aryl methyl sites for hydroxylation is 1. The van der Waals surface area contributed by atoms with Crippen LogP contribution in [0.25, 0.3) is 11.2 Å². The van der Waals surface area contributed by atoms with Gasteiger partial charge in [-0.1, -0.05) is 29.3 Å². The standard InChI is InChI=1S/C15H13BrCl2N4O3/c1-20-11-12(19-14(20)16)22(7-25-2)15(24)21(13(11)23)6-8-3-4-9(17)10(18)5-8/h3-5H,6-7H2,1-2H3. The molecule has 0 aliphatic rings. The maximum absolute atomic E-state index is 12.9. The minimum atomic E-state index is -0.518. The van der Waals surface area contributed by atoms with Crippen LogP contribution in [0.1, 0.15) is 5.56 Å². The molecule has 2 aromatic heterocycles. The molecule has 0 N–H and O–H groups in total. The Kier molecular flexibility index (Phi) is 5.06. The lowest BCUT2D eigenvalue weighted by Gasteiger charge is -2.11. The van der Waals surface area contributed by atoms with Gasteiger partial charge in [-0.2, -0.15) is 0 Å². The molecule has 25 heavy (non-hydrogen) atoms. The second kappa shape index (κ2) is 6.95. The van der Waals surface area contributed by atoms with Crippen molar-refractivity contribution in [2.45, 2.75) is 13.3 Å². The minimum absolute atomic E-state index is 0.0273. The fraction of sp³-hybridized carbons (Fsp3) is 0.267. The molecule has 0 saturated carbocycles. The van der Waals surface area contributed by atoms with Gasteiger partial charge in [0.15, 0.2) is 15.9 Å². The van der Waals surface area contributed by atoms with Crippen LogP contribution >= 0.6 is 39.1 Å². The maximum atomic E-state index is 12.9. The maximum Gasteiger partial charge on any atom is 0.334 e. The highest BCUT2D eigenvalue weighted by molar-refractivity contribution is 9.10. The number of ether oxygens (including phenoxy) is 1. The van der Waals surface area contributed by atoms with Crippen LogP contribution in [0.4, 0.5) is 0 Å². The van der Waals surface area contributed by atoms with E-state index in [2.05, 4.69) is 20.9 Å². The van der Waals surface area contributed by atoms with Crippen molar-refractivity contribution >= 4 is 50.3 Å². The van der Waals surface area contributed by atoms with E-state index < -0.39 is 11.2 Å². The van der Waals surface area contributed by atoms with Crippen molar-refractivity contribution in [2.75, 3.05) is 7.11 Å². The zero-order valence-corrected chi connectivity index (χ0v) is 16.4. The third-order valence-electron chi connectivity index (χ3n) is 3.77.